The van der Waals surface area contributed by atoms with E-state index in [-0.39, 0.29) is 24.1 Å². The van der Waals surface area contributed by atoms with E-state index in [1.165, 1.54) is 12.8 Å². The minimum Gasteiger partial charge on any atom is -0.493 e. The molecule has 3 aromatic carbocycles. The smallest absolute Gasteiger partial charge is 0.319 e. The average Bonchev–Trinajstić information content (AvgIpc) is 3.13. The number of hydrogen-bond acceptors (Lipinski definition) is 7. The Labute approximate surface area is 292 Å². The number of methoxy groups -OCH3 is 1. The maximum Gasteiger partial charge on any atom is 0.319 e. The van der Waals surface area contributed by atoms with Gasteiger partial charge in [0.1, 0.15) is 17.6 Å². The second-order valence-electron chi connectivity index (χ2n) is 12.3. The Morgan fingerprint density at radius 3 is 2.22 bits per heavy atom. The summed E-state index contributed by atoms with van der Waals surface area (Å²) in [5.41, 5.74) is 1.89. The molecule has 1 fully saturated rings. The van der Waals surface area contributed by atoms with Gasteiger partial charge in [0.15, 0.2) is 11.5 Å². The summed E-state index contributed by atoms with van der Waals surface area (Å²) in [5, 5.41) is 5.82. The van der Waals surface area contributed by atoms with Gasteiger partial charge in [-0.05, 0) is 106 Å². The molecule has 3 amide bonds. The number of unbranched alkanes of at least 4 members (excludes halogenated alkanes) is 1. The molecule has 4 rings (SSSR count). The second-order valence-corrected chi connectivity index (χ2v) is 12.3. The van der Waals surface area contributed by atoms with Crippen LogP contribution in [0.2, 0.25) is 0 Å². The molecular formula is C39H54N4O6. The zero-order valence-electron chi connectivity index (χ0n) is 29.8. The molecule has 10 nitrogen and oxygen atoms in total. The first-order valence-corrected chi connectivity index (χ1v) is 17.8. The number of piperidine rings is 1. The van der Waals surface area contributed by atoms with E-state index in [0.29, 0.717) is 48.3 Å². The first-order chi connectivity index (χ1) is 23.9. The second kappa shape index (κ2) is 19.7. The topological polar surface area (TPSA) is 102 Å². The molecule has 1 aliphatic rings. The van der Waals surface area contributed by atoms with Crippen molar-refractivity contribution in [3.8, 4) is 23.0 Å². The summed E-state index contributed by atoms with van der Waals surface area (Å²) >= 11 is 0. The quantitative estimate of drug-likeness (QED) is 0.131. The Kier molecular flexibility index (Phi) is 15.1. The molecule has 0 atom stereocenters. The van der Waals surface area contributed by atoms with E-state index in [1.54, 1.807) is 30.2 Å². The number of ether oxygens (including phenoxy) is 4. The normalized spacial score (nSPS) is 13.6. The van der Waals surface area contributed by atoms with E-state index in [0.717, 1.165) is 56.8 Å². The first-order valence-electron chi connectivity index (χ1n) is 17.8. The minimum atomic E-state index is -0.263. The summed E-state index contributed by atoms with van der Waals surface area (Å²) in [5.74, 6) is 2.21. The molecule has 1 heterocycles. The van der Waals surface area contributed by atoms with Crippen LogP contribution in [-0.4, -0.2) is 75.5 Å². The Hall–Kier alpha value is -4.28. The van der Waals surface area contributed by atoms with Gasteiger partial charge in [-0.3, -0.25) is 4.79 Å². The molecule has 49 heavy (non-hydrogen) atoms. The van der Waals surface area contributed by atoms with Gasteiger partial charge in [0.05, 0.1) is 13.7 Å². The Balaban J connectivity index is 1.39. The van der Waals surface area contributed by atoms with Gasteiger partial charge in [-0.15, -0.1) is 0 Å². The Bertz CT molecular complexity index is 1440. The average molecular weight is 675 g/mol. The number of anilines is 2. The highest BCUT2D eigenvalue weighted by molar-refractivity contribution is 6.06. The highest BCUT2D eigenvalue weighted by atomic mass is 16.5. The van der Waals surface area contributed by atoms with E-state index in [9.17, 15) is 9.59 Å². The molecule has 0 radical (unpaired) electrons. The first kappa shape index (κ1) is 37.5. The van der Waals surface area contributed by atoms with Crippen LogP contribution < -0.4 is 29.7 Å². The van der Waals surface area contributed by atoms with Crippen LogP contribution in [0.15, 0.2) is 66.7 Å². The van der Waals surface area contributed by atoms with Crippen LogP contribution in [0.4, 0.5) is 16.2 Å². The van der Waals surface area contributed by atoms with E-state index in [1.807, 2.05) is 69.3 Å². The van der Waals surface area contributed by atoms with Gasteiger partial charge in [-0.1, -0.05) is 27.2 Å². The molecule has 0 unspecified atom stereocenters. The number of hydrogen-bond donors (Lipinski definition) is 2. The fourth-order valence-corrected chi connectivity index (χ4v) is 5.80. The lowest BCUT2D eigenvalue weighted by molar-refractivity contribution is 0.0964. The van der Waals surface area contributed by atoms with Crippen molar-refractivity contribution in [1.29, 1.82) is 0 Å². The van der Waals surface area contributed by atoms with Gasteiger partial charge in [-0.2, -0.15) is 0 Å². The van der Waals surface area contributed by atoms with Gasteiger partial charge in [0.2, 0.25) is 0 Å². The lowest BCUT2D eigenvalue weighted by Crippen LogP contribution is -2.38. The molecule has 10 heteroatoms. The number of carbonyl (C=O) groups is 2. The summed E-state index contributed by atoms with van der Waals surface area (Å²) in [4.78, 5) is 30.4. The third-order valence-corrected chi connectivity index (χ3v) is 8.79. The number of rotatable bonds is 18. The van der Waals surface area contributed by atoms with Crippen molar-refractivity contribution in [2.75, 3.05) is 56.7 Å². The molecule has 1 aliphatic heterocycles. The van der Waals surface area contributed by atoms with Crippen molar-refractivity contribution >= 4 is 23.3 Å². The van der Waals surface area contributed by atoms with Gasteiger partial charge in [0, 0.05) is 55.3 Å². The number of nitrogens with one attached hydrogen (secondary N) is 2. The van der Waals surface area contributed by atoms with Crippen molar-refractivity contribution in [2.24, 2.45) is 0 Å². The van der Waals surface area contributed by atoms with Gasteiger partial charge in [-0.25, -0.2) is 4.79 Å². The number of likely N-dealkylation sites (tertiary alicyclic amines) is 1. The number of amides is 3. The van der Waals surface area contributed by atoms with Crippen molar-refractivity contribution in [1.82, 2.24) is 10.2 Å². The molecule has 266 valence electrons. The third kappa shape index (κ3) is 11.4. The zero-order valence-corrected chi connectivity index (χ0v) is 29.8. The van der Waals surface area contributed by atoms with Crippen LogP contribution in [0, 0.1) is 0 Å². The van der Waals surface area contributed by atoms with Crippen LogP contribution in [-0.2, 0) is 4.74 Å². The lowest BCUT2D eigenvalue weighted by Gasteiger charge is -2.32. The van der Waals surface area contributed by atoms with Crippen molar-refractivity contribution in [2.45, 2.75) is 78.4 Å². The molecule has 3 aromatic rings. The fourth-order valence-electron chi connectivity index (χ4n) is 5.80. The molecule has 1 saturated heterocycles. The summed E-state index contributed by atoms with van der Waals surface area (Å²) in [6.07, 6.45) is 6.41. The van der Waals surface area contributed by atoms with Gasteiger partial charge >= 0.3 is 6.03 Å². The molecule has 0 bridgehead atoms. The molecular weight excluding hydrogens is 620 g/mol. The summed E-state index contributed by atoms with van der Waals surface area (Å²) in [7, 11) is 1.55. The van der Waals surface area contributed by atoms with Crippen molar-refractivity contribution in [3.05, 3.63) is 72.3 Å². The lowest BCUT2D eigenvalue weighted by atomic mass is 10.1. The van der Waals surface area contributed by atoms with Crippen molar-refractivity contribution in [3.63, 3.8) is 0 Å². The monoisotopic (exact) mass is 674 g/mol. The van der Waals surface area contributed by atoms with Crippen LogP contribution in [0.1, 0.15) is 76.6 Å². The highest BCUT2D eigenvalue weighted by Crippen LogP contribution is 2.35. The van der Waals surface area contributed by atoms with Crippen LogP contribution in [0.25, 0.3) is 0 Å². The summed E-state index contributed by atoms with van der Waals surface area (Å²) < 4.78 is 23.6. The predicted octanol–water partition coefficient (Wildman–Crippen LogP) is 8.12. The molecule has 0 aromatic heterocycles. The molecule has 2 N–H and O–H groups in total. The van der Waals surface area contributed by atoms with Crippen LogP contribution in [0.3, 0.4) is 0 Å². The number of nitrogens with zero attached hydrogens (tertiary/aromatic N) is 2. The number of carbonyl (C=O) groups excluding carboxylic acids is 2. The maximum atomic E-state index is 13.8. The standard InChI is InChI=1S/C39H54N4O6/c1-6-10-23-42-24-21-35(22-25-42)48-33-16-11-29(12-17-33)38(44)43(26-27-47-9-4)32-14-18-34(19-15-32)49-36-20-13-31(28-37(36)46-5)41-39(45)40-30(7-2)8-3/h11-20,28,30,35H,6-10,21-27H2,1-5H3,(H2,40,41,45). The number of benzene rings is 3. The zero-order chi connectivity index (χ0) is 35.0. The van der Waals surface area contributed by atoms with E-state index < -0.39 is 0 Å². The molecule has 0 aliphatic carbocycles. The van der Waals surface area contributed by atoms with E-state index in [2.05, 4.69) is 22.5 Å². The Morgan fingerprint density at radius 2 is 1.59 bits per heavy atom. The van der Waals surface area contributed by atoms with Gasteiger partial charge in [0.25, 0.3) is 5.91 Å². The molecule has 0 saturated carbocycles. The van der Waals surface area contributed by atoms with E-state index in [4.69, 9.17) is 18.9 Å². The minimum absolute atomic E-state index is 0.117. The Morgan fingerprint density at radius 1 is 0.898 bits per heavy atom. The largest absolute Gasteiger partial charge is 0.493 e. The summed E-state index contributed by atoms with van der Waals surface area (Å²) in [6.45, 7) is 12.9. The predicted molar refractivity (Wildman–Crippen MR) is 196 cm³/mol. The SMILES string of the molecule is CCCCN1CCC(Oc2ccc(C(=O)N(CCOCC)c3ccc(Oc4ccc(NC(=O)NC(CC)CC)cc4OC)cc3)cc2)CC1. The van der Waals surface area contributed by atoms with Gasteiger partial charge < -0.3 is 39.4 Å². The fraction of sp³-hybridized carbons (Fsp3) is 0.487. The van der Waals surface area contributed by atoms with Crippen molar-refractivity contribution < 1.29 is 28.5 Å². The number of urea groups is 1. The summed E-state index contributed by atoms with van der Waals surface area (Å²) in [6, 6.07) is 19.9. The van der Waals surface area contributed by atoms with E-state index >= 15 is 0 Å². The van der Waals surface area contributed by atoms with Crippen LogP contribution >= 0.6 is 0 Å². The molecule has 0 spiro atoms. The highest BCUT2D eigenvalue weighted by Gasteiger charge is 2.22. The van der Waals surface area contributed by atoms with Crippen LogP contribution in [0.5, 0.6) is 23.0 Å². The third-order valence-electron chi connectivity index (χ3n) is 8.79. The maximum absolute atomic E-state index is 13.8.